The van der Waals surface area contributed by atoms with Crippen molar-refractivity contribution < 1.29 is 22.7 Å². The summed E-state index contributed by atoms with van der Waals surface area (Å²) >= 11 is 1.29. The Morgan fingerprint density at radius 2 is 2.04 bits per heavy atom. The number of carbonyl (C=O) groups is 2. The summed E-state index contributed by atoms with van der Waals surface area (Å²) in [5, 5.41) is 2.25. The zero-order valence-electron chi connectivity index (χ0n) is 14.1. The summed E-state index contributed by atoms with van der Waals surface area (Å²) in [6.45, 7) is 3.74. The number of thiazole rings is 1. The first-order valence-electron chi connectivity index (χ1n) is 7.42. The minimum atomic E-state index is -3.40. The summed E-state index contributed by atoms with van der Waals surface area (Å²) in [4.78, 5) is 29.5. The Balaban J connectivity index is 2.06. The quantitative estimate of drug-likeness (QED) is 0.712. The van der Waals surface area contributed by atoms with Gasteiger partial charge in [0.05, 0.1) is 16.2 Å². The van der Waals surface area contributed by atoms with E-state index < -0.39 is 15.8 Å². The van der Waals surface area contributed by atoms with Gasteiger partial charge < -0.3 is 4.74 Å². The lowest BCUT2D eigenvalue weighted by Crippen LogP contribution is -2.27. The predicted molar refractivity (Wildman–Crippen MR) is 94.5 cm³/mol. The SMILES string of the molecule is CCN(C(C)=O)c1nc(COC(=O)c2cccc(S(C)(=O)=O)c2)cs1. The highest BCUT2D eigenvalue weighted by molar-refractivity contribution is 7.90. The number of benzene rings is 1. The standard InChI is InChI=1S/C16H18N2O5S2/c1-4-18(11(2)19)16-17-13(10-24-16)9-23-15(20)12-6-5-7-14(8-12)25(3,21)22/h5-8,10H,4,9H2,1-3H3. The average Bonchev–Trinajstić information content (AvgIpc) is 3.01. The molecular formula is C16H18N2O5S2. The van der Waals surface area contributed by atoms with E-state index in [0.29, 0.717) is 17.4 Å². The van der Waals surface area contributed by atoms with Gasteiger partial charge in [-0.2, -0.15) is 0 Å². The molecule has 1 amide bonds. The lowest BCUT2D eigenvalue weighted by molar-refractivity contribution is -0.116. The van der Waals surface area contributed by atoms with Crippen LogP contribution in [0.5, 0.6) is 0 Å². The molecule has 25 heavy (non-hydrogen) atoms. The maximum Gasteiger partial charge on any atom is 0.338 e. The molecule has 0 saturated heterocycles. The van der Waals surface area contributed by atoms with Crippen LogP contribution in [-0.4, -0.2) is 38.1 Å². The minimum absolute atomic E-state index is 0.0536. The first-order valence-corrected chi connectivity index (χ1v) is 10.2. The van der Waals surface area contributed by atoms with Crippen LogP contribution in [0.25, 0.3) is 0 Å². The zero-order valence-corrected chi connectivity index (χ0v) is 15.7. The fourth-order valence-electron chi connectivity index (χ4n) is 2.06. The largest absolute Gasteiger partial charge is 0.456 e. The Labute approximate surface area is 150 Å². The molecule has 0 fully saturated rings. The van der Waals surface area contributed by atoms with Crippen LogP contribution in [-0.2, 0) is 26.0 Å². The van der Waals surface area contributed by atoms with E-state index in [1.54, 1.807) is 5.38 Å². The molecule has 0 unspecified atom stereocenters. The number of rotatable bonds is 6. The molecule has 0 spiro atoms. The van der Waals surface area contributed by atoms with Gasteiger partial charge in [-0.3, -0.25) is 9.69 Å². The van der Waals surface area contributed by atoms with Gasteiger partial charge in [0.25, 0.3) is 0 Å². The molecule has 2 aromatic rings. The molecule has 7 nitrogen and oxygen atoms in total. The number of anilines is 1. The lowest BCUT2D eigenvalue weighted by Gasteiger charge is -2.14. The highest BCUT2D eigenvalue weighted by Crippen LogP contribution is 2.21. The van der Waals surface area contributed by atoms with Crippen LogP contribution < -0.4 is 4.90 Å². The molecule has 0 radical (unpaired) electrons. The Kier molecular flexibility index (Phi) is 5.91. The van der Waals surface area contributed by atoms with Gasteiger partial charge in [0.2, 0.25) is 5.91 Å². The number of hydrogen-bond donors (Lipinski definition) is 0. The molecule has 134 valence electrons. The molecule has 1 heterocycles. The van der Waals surface area contributed by atoms with Crippen LogP contribution in [0.4, 0.5) is 5.13 Å². The van der Waals surface area contributed by atoms with E-state index in [1.165, 1.54) is 47.4 Å². The summed E-state index contributed by atoms with van der Waals surface area (Å²) in [7, 11) is -3.40. The van der Waals surface area contributed by atoms with Crippen molar-refractivity contribution in [2.24, 2.45) is 0 Å². The molecule has 1 aromatic heterocycles. The molecule has 0 aliphatic rings. The van der Waals surface area contributed by atoms with Crippen molar-refractivity contribution in [2.75, 3.05) is 17.7 Å². The van der Waals surface area contributed by atoms with Gasteiger partial charge >= 0.3 is 5.97 Å². The van der Waals surface area contributed by atoms with Gasteiger partial charge in [0.1, 0.15) is 6.61 Å². The summed E-state index contributed by atoms with van der Waals surface area (Å²) in [5.41, 5.74) is 0.671. The number of nitrogens with zero attached hydrogens (tertiary/aromatic N) is 2. The molecule has 2 rings (SSSR count). The third kappa shape index (κ3) is 4.86. The minimum Gasteiger partial charge on any atom is -0.456 e. The van der Waals surface area contributed by atoms with E-state index in [-0.39, 0.29) is 23.0 Å². The summed E-state index contributed by atoms with van der Waals surface area (Å²) in [6, 6.07) is 5.66. The maximum absolute atomic E-state index is 12.1. The fraction of sp³-hybridized carbons (Fsp3) is 0.312. The second-order valence-corrected chi connectivity index (χ2v) is 8.11. The number of sulfone groups is 1. The van der Waals surface area contributed by atoms with Crippen molar-refractivity contribution >= 4 is 38.2 Å². The topological polar surface area (TPSA) is 93.6 Å². The van der Waals surface area contributed by atoms with Crippen molar-refractivity contribution in [3.05, 3.63) is 40.9 Å². The number of carbonyl (C=O) groups excluding carboxylic acids is 2. The average molecular weight is 382 g/mol. The first kappa shape index (κ1) is 19.1. The van der Waals surface area contributed by atoms with E-state index in [2.05, 4.69) is 4.98 Å². The molecule has 9 heteroatoms. The Morgan fingerprint density at radius 1 is 1.32 bits per heavy atom. The molecule has 0 aliphatic carbocycles. The van der Waals surface area contributed by atoms with Gasteiger partial charge in [-0.25, -0.2) is 18.2 Å². The van der Waals surface area contributed by atoms with Crippen molar-refractivity contribution in [3.8, 4) is 0 Å². The predicted octanol–water partition coefficient (Wildman–Crippen LogP) is 2.28. The van der Waals surface area contributed by atoms with E-state index in [0.717, 1.165) is 6.26 Å². The molecule has 0 N–H and O–H groups in total. The van der Waals surface area contributed by atoms with Crippen molar-refractivity contribution in [1.82, 2.24) is 4.98 Å². The van der Waals surface area contributed by atoms with Crippen LogP contribution in [0, 0.1) is 0 Å². The molecule has 0 aliphatic heterocycles. The summed E-state index contributed by atoms with van der Waals surface area (Å²) in [5.74, 6) is -0.753. The maximum atomic E-state index is 12.1. The molecule has 0 bridgehead atoms. The highest BCUT2D eigenvalue weighted by Gasteiger charge is 2.16. The second-order valence-electron chi connectivity index (χ2n) is 5.26. The van der Waals surface area contributed by atoms with Crippen LogP contribution in [0.3, 0.4) is 0 Å². The summed E-state index contributed by atoms with van der Waals surface area (Å²) in [6.07, 6.45) is 1.07. The first-order chi connectivity index (χ1) is 11.7. The van der Waals surface area contributed by atoms with Crippen LogP contribution in [0.1, 0.15) is 29.9 Å². The lowest BCUT2D eigenvalue weighted by atomic mass is 10.2. The number of aromatic nitrogens is 1. The van der Waals surface area contributed by atoms with Crippen LogP contribution >= 0.6 is 11.3 Å². The van der Waals surface area contributed by atoms with Gasteiger partial charge in [-0.05, 0) is 25.1 Å². The fourth-order valence-corrected chi connectivity index (χ4v) is 3.64. The monoisotopic (exact) mass is 382 g/mol. The third-order valence-corrected chi connectivity index (χ3v) is 5.34. The summed E-state index contributed by atoms with van der Waals surface area (Å²) < 4.78 is 28.3. The Bertz CT molecular complexity index is 889. The third-order valence-electron chi connectivity index (χ3n) is 3.32. The number of ether oxygens (including phenoxy) is 1. The van der Waals surface area contributed by atoms with E-state index >= 15 is 0 Å². The van der Waals surface area contributed by atoms with Crippen LogP contribution in [0.15, 0.2) is 34.5 Å². The molecule has 0 atom stereocenters. The second kappa shape index (κ2) is 7.75. The molecule has 1 aromatic carbocycles. The zero-order chi connectivity index (χ0) is 18.6. The van der Waals surface area contributed by atoms with Gasteiger partial charge in [0, 0.05) is 25.1 Å². The van der Waals surface area contributed by atoms with Gasteiger partial charge in [0.15, 0.2) is 15.0 Å². The Hall–Kier alpha value is -2.26. The number of amides is 1. The molecular weight excluding hydrogens is 364 g/mol. The van der Waals surface area contributed by atoms with Crippen molar-refractivity contribution in [1.29, 1.82) is 0 Å². The number of hydrogen-bond acceptors (Lipinski definition) is 7. The highest BCUT2D eigenvalue weighted by atomic mass is 32.2. The number of esters is 1. The van der Waals surface area contributed by atoms with E-state index in [9.17, 15) is 18.0 Å². The van der Waals surface area contributed by atoms with E-state index in [1.807, 2.05) is 6.92 Å². The molecule has 0 saturated carbocycles. The van der Waals surface area contributed by atoms with Gasteiger partial charge in [-0.15, -0.1) is 11.3 Å². The normalized spacial score (nSPS) is 11.2. The van der Waals surface area contributed by atoms with Gasteiger partial charge in [-0.1, -0.05) is 6.07 Å². The smallest absolute Gasteiger partial charge is 0.338 e. The Morgan fingerprint density at radius 3 is 2.64 bits per heavy atom. The van der Waals surface area contributed by atoms with Crippen molar-refractivity contribution in [2.45, 2.75) is 25.3 Å². The van der Waals surface area contributed by atoms with Crippen molar-refractivity contribution in [3.63, 3.8) is 0 Å². The van der Waals surface area contributed by atoms with Crippen LogP contribution in [0.2, 0.25) is 0 Å². The van der Waals surface area contributed by atoms with E-state index in [4.69, 9.17) is 4.74 Å².